The summed E-state index contributed by atoms with van der Waals surface area (Å²) in [5.41, 5.74) is 2.47. The number of nitrogens with zero attached hydrogens (tertiary/aromatic N) is 3. The van der Waals surface area contributed by atoms with Gasteiger partial charge in [0.05, 0.1) is 6.26 Å². The van der Waals surface area contributed by atoms with Gasteiger partial charge in [-0.15, -0.1) is 0 Å². The third-order valence-corrected chi connectivity index (χ3v) is 4.11. The molecule has 0 bridgehead atoms. The highest BCUT2D eigenvalue weighted by molar-refractivity contribution is 6.03. The van der Waals surface area contributed by atoms with Gasteiger partial charge in [0.1, 0.15) is 5.82 Å². The fourth-order valence-electron chi connectivity index (χ4n) is 2.77. The van der Waals surface area contributed by atoms with Crippen molar-refractivity contribution in [3.05, 3.63) is 66.2 Å². The molecule has 1 aromatic carbocycles. The molecule has 4 aromatic rings. The van der Waals surface area contributed by atoms with Crippen LogP contribution in [0.1, 0.15) is 23.1 Å². The van der Waals surface area contributed by atoms with Crippen LogP contribution in [0.5, 0.6) is 0 Å². The van der Waals surface area contributed by atoms with Gasteiger partial charge >= 0.3 is 0 Å². The van der Waals surface area contributed by atoms with Crippen LogP contribution in [0.3, 0.4) is 0 Å². The average molecular weight is 404 g/mol. The van der Waals surface area contributed by atoms with E-state index in [1.54, 1.807) is 24.3 Å². The molecule has 152 valence electrons. The average Bonchev–Trinajstić information content (AvgIpc) is 3.41. The number of amides is 1. The standard InChI is InChI=1S/C21H20N6O3/c1-3-22-21-23-13(2)11-19(26-21)24-14-6-8-15(9-7-14)25-20(28)16-12-18(30-27-16)17-5-4-10-29-17/h4-12H,3H2,1-2H3,(H,25,28)(H2,22,23,24,26). The van der Waals surface area contributed by atoms with E-state index in [-0.39, 0.29) is 11.6 Å². The third-order valence-electron chi connectivity index (χ3n) is 4.11. The van der Waals surface area contributed by atoms with E-state index in [1.165, 1.54) is 12.3 Å². The number of rotatable bonds is 7. The molecule has 0 spiro atoms. The molecule has 0 atom stereocenters. The quantitative estimate of drug-likeness (QED) is 0.413. The van der Waals surface area contributed by atoms with Crippen molar-refractivity contribution in [2.45, 2.75) is 13.8 Å². The minimum absolute atomic E-state index is 0.163. The molecule has 0 fully saturated rings. The maximum Gasteiger partial charge on any atom is 0.277 e. The van der Waals surface area contributed by atoms with Crippen molar-refractivity contribution in [1.29, 1.82) is 0 Å². The Morgan fingerprint density at radius 1 is 1.03 bits per heavy atom. The normalized spacial score (nSPS) is 10.6. The number of benzene rings is 1. The molecular formula is C21H20N6O3. The minimum Gasteiger partial charge on any atom is -0.461 e. The monoisotopic (exact) mass is 404 g/mol. The largest absolute Gasteiger partial charge is 0.461 e. The van der Waals surface area contributed by atoms with E-state index in [0.29, 0.717) is 29.0 Å². The van der Waals surface area contributed by atoms with Gasteiger partial charge < -0.3 is 24.9 Å². The second kappa shape index (κ2) is 8.48. The Kier molecular flexibility index (Phi) is 5.42. The van der Waals surface area contributed by atoms with Crippen molar-refractivity contribution in [3.63, 3.8) is 0 Å². The lowest BCUT2D eigenvalue weighted by Crippen LogP contribution is -2.12. The molecule has 30 heavy (non-hydrogen) atoms. The minimum atomic E-state index is -0.376. The summed E-state index contributed by atoms with van der Waals surface area (Å²) in [5.74, 6) is 1.78. The molecule has 9 nitrogen and oxygen atoms in total. The van der Waals surface area contributed by atoms with Gasteiger partial charge in [-0.3, -0.25) is 4.79 Å². The molecule has 3 N–H and O–H groups in total. The summed E-state index contributed by atoms with van der Waals surface area (Å²) in [7, 11) is 0. The van der Waals surface area contributed by atoms with Gasteiger partial charge in [0.15, 0.2) is 11.5 Å². The molecular weight excluding hydrogens is 384 g/mol. The Bertz CT molecular complexity index is 1140. The topological polar surface area (TPSA) is 118 Å². The van der Waals surface area contributed by atoms with Gasteiger partial charge in [-0.2, -0.15) is 4.98 Å². The van der Waals surface area contributed by atoms with E-state index in [0.717, 1.165) is 17.9 Å². The number of anilines is 4. The molecule has 3 heterocycles. The number of furan rings is 1. The summed E-state index contributed by atoms with van der Waals surface area (Å²) in [6, 6.07) is 14.1. The van der Waals surface area contributed by atoms with E-state index >= 15 is 0 Å². The highest BCUT2D eigenvalue weighted by atomic mass is 16.5. The summed E-state index contributed by atoms with van der Waals surface area (Å²) in [6.07, 6.45) is 1.52. The first-order chi connectivity index (χ1) is 14.6. The number of carbonyl (C=O) groups excluding carboxylic acids is 1. The van der Waals surface area contributed by atoms with E-state index in [4.69, 9.17) is 8.94 Å². The van der Waals surface area contributed by atoms with Crippen LogP contribution >= 0.6 is 0 Å². The lowest BCUT2D eigenvalue weighted by atomic mass is 10.2. The van der Waals surface area contributed by atoms with Crippen molar-refractivity contribution >= 4 is 29.0 Å². The van der Waals surface area contributed by atoms with Crippen LogP contribution in [0.4, 0.5) is 23.1 Å². The Morgan fingerprint density at radius 3 is 2.57 bits per heavy atom. The first kappa shape index (κ1) is 19.2. The van der Waals surface area contributed by atoms with Crippen LogP contribution in [0, 0.1) is 6.92 Å². The van der Waals surface area contributed by atoms with Gasteiger partial charge in [-0.1, -0.05) is 5.16 Å². The predicted molar refractivity (Wildman–Crippen MR) is 113 cm³/mol. The maximum atomic E-state index is 12.4. The van der Waals surface area contributed by atoms with Gasteiger partial charge in [-0.25, -0.2) is 4.98 Å². The summed E-state index contributed by atoms with van der Waals surface area (Å²) in [5, 5.41) is 12.9. The fourth-order valence-corrected chi connectivity index (χ4v) is 2.77. The first-order valence-electron chi connectivity index (χ1n) is 9.39. The Morgan fingerprint density at radius 2 is 1.83 bits per heavy atom. The molecule has 9 heteroatoms. The SMILES string of the molecule is CCNc1nc(C)cc(Nc2ccc(NC(=O)c3cc(-c4ccco4)on3)cc2)n1. The van der Waals surface area contributed by atoms with Crippen LogP contribution in [0.15, 0.2) is 63.7 Å². The summed E-state index contributed by atoms with van der Waals surface area (Å²) in [4.78, 5) is 21.2. The number of carbonyl (C=O) groups is 1. The molecule has 0 aliphatic rings. The van der Waals surface area contributed by atoms with Crippen molar-refractivity contribution in [1.82, 2.24) is 15.1 Å². The third kappa shape index (κ3) is 4.46. The van der Waals surface area contributed by atoms with Crippen molar-refractivity contribution in [2.75, 3.05) is 22.5 Å². The molecule has 4 rings (SSSR count). The zero-order valence-electron chi connectivity index (χ0n) is 16.5. The molecule has 0 radical (unpaired) electrons. The van der Waals surface area contributed by atoms with Crippen LogP contribution in [0.2, 0.25) is 0 Å². The van der Waals surface area contributed by atoms with Crippen molar-refractivity contribution < 1.29 is 13.7 Å². The first-order valence-corrected chi connectivity index (χ1v) is 9.39. The lowest BCUT2D eigenvalue weighted by Gasteiger charge is -2.10. The molecule has 0 saturated carbocycles. The van der Waals surface area contributed by atoms with Gasteiger partial charge in [0.2, 0.25) is 11.7 Å². The molecule has 0 saturated heterocycles. The summed E-state index contributed by atoms with van der Waals surface area (Å²) < 4.78 is 10.4. The van der Waals surface area contributed by atoms with Crippen LogP contribution in [-0.2, 0) is 0 Å². The maximum absolute atomic E-state index is 12.4. The van der Waals surface area contributed by atoms with Gasteiger partial charge in [0.25, 0.3) is 5.91 Å². The second-order valence-electron chi connectivity index (χ2n) is 6.46. The van der Waals surface area contributed by atoms with Crippen LogP contribution < -0.4 is 16.0 Å². The van der Waals surface area contributed by atoms with Crippen LogP contribution in [0.25, 0.3) is 11.5 Å². The Hall–Kier alpha value is -4.14. The molecule has 0 unspecified atom stereocenters. The Balaban J connectivity index is 1.41. The zero-order valence-corrected chi connectivity index (χ0v) is 16.5. The molecule has 0 aliphatic heterocycles. The highest BCUT2D eigenvalue weighted by Crippen LogP contribution is 2.22. The zero-order chi connectivity index (χ0) is 20.9. The van der Waals surface area contributed by atoms with E-state index in [1.807, 2.05) is 32.0 Å². The highest BCUT2D eigenvalue weighted by Gasteiger charge is 2.15. The predicted octanol–water partition coefficient (Wildman–Crippen LogP) is 4.46. The lowest BCUT2D eigenvalue weighted by molar-refractivity contribution is 0.101. The number of aryl methyl sites for hydroxylation is 1. The number of hydrogen-bond acceptors (Lipinski definition) is 8. The van der Waals surface area contributed by atoms with Gasteiger partial charge in [-0.05, 0) is 50.2 Å². The summed E-state index contributed by atoms with van der Waals surface area (Å²) >= 11 is 0. The van der Waals surface area contributed by atoms with Gasteiger partial charge in [0, 0.05) is 35.7 Å². The second-order valence-corrected chi connectivity index (χ2v) is 6.46. The molecule has 1 amide bonds. The van der Waals surface area contributed by atoms with E-state index < -0.39 is 0 Å². The number of nitrogens with one attached hydrogen (secondary N) is 3. The molecule has 3 aromatic heterocycles. The summed E-state index contributed by atoms with van der Waals surface area (Å²) in [6.45, 7) is 4.64. The number of aromatic nitrogens is 3. The van der Waals surface area contributed by atoms with Crippen molar-refractivity contribution in [3.8, 4) is 11.5 Å². The van der Waals surface area contributed by atoms with E-state index in [2.05, 4.69) is 31.1 Å². The number of hydrogen-bond donors (Lipinski definition) is 3. The smallest absolute Gasteiger partial charge is 0.277 e. The van der Waals surface area contributed by atoms with E-state index in [9.17, 15) is 4.79 Å². The fraction of sp³-hybridized carbons (Fsp3) is 0.143. The van der Waals surface area contributed by atoms with Crippen LogP contribution in [-0.4, -0.2) is 27.6 Å². The van der Waals surface area contributed by atoms with Crippen molar-refractivity contribution in [2.24, 2.45) is 0 Å². The Labute approximate surface area is 172 Å². The molecule has 0 aliphatic carbocycles.